The molecule has 1 atom stereocenters. The van der Waals surface area contributed by atoms with Gasteiger partial charge in [0.2, 0.25) is 0 Å². The van der Waals surface area contributed by atoms with Crippen LogP contribution in [0.3, 0.4) is 0 Å². The maximum absolute atomic E-state index is 12.2. The molecule has 0 saturated heterocycles. The Balaban J connectivity index is 1.93. The Morgan fingerprint density at radius 3 is 2.00 bits per heavy atom. The van der Waals surface area contributed by atoms with Gasteiger partial charge < -0.3 is 14.8 Å². The fourth-order valence-corrected chi connectivity index (χ4v) is 2.11. The predicted octanol–water partition coefficient (Wildman–Crippen LogP) is 4.22. The highest BCUT2D eigenvalue weighted by Crippen LogP contribution is 2.20. The standard InChI is InChI=1S/C19H23NO3/c1-13(2)15-5-7-16(8-6-15)20-19(21)14(3)23-18-11-9-17(22-4)10-12-18/h5-14H,1-4H3,(H,20,21)/t14-/m0/s1. The summed E-state index contributed by atoms with van der Waals surface area (Å²) in [5, 5.41) is 2.86. The smallest absolute Gasteiger partial charge is 0.265 e. The Kier molecular flexibility index (Phi) is 5.63. The van der Waals surface area contributed by atoms with Crippen LogP contribution in [0, 0.1) is 0 Å². The summed E-state index contributed by atoms with van der Waals surface area (Å²) >= 11 is 0. The average molecular weight is 313 g/mol. The molecule has 0 saturated carbocycles. The molecule has 2 aromatic carbocycles. The van der Waals surface area contributed by atoms with Gasteiger partial charge >= 0.3 is 0 Å². The molecule has 1 amide bonds. The van der Waals surface area contributed by atoms with Gasteiger partial charge in [0.05, 0.1) is 7.11 Å². The molecule has 0 spiro atoms. The number of amides is 1. The van der Waals surface area contributed by atoms with Crippen molar-refractivity contribution >= 4 is 11.6 Å². The van der Waals surface area contributed by atoms with E-state index in [0.717, 1.165) is 11.4 Å². The summed E-state index contributed by atoms with van der Waals surface area (Å²) in [5.74, 6) is 1.67. The van der Waals surface area contributed by atoms with E-state index < -0.39 is 6.10 Å². The lowest BCUT2D eigenvalue weighted by molar-refractivity contribution is -0.122. The number of anilines is 1. The maximum atomic E-state index is 12.2. The molecular weight excluding hydrogens is 290 g/mol. The van der Waals surface area contributed by atoms with Gasteiger partial charge in [-0.1, -0.05) is 26.0 Å². The molecule has 2 aromatic rings. The number of hydrogen-bond donors (Lipinski definition) is 1. The fourth-order valence-electron chi connectivity index (χ4n) is 2.11. The lowest BCUT2D eigenvalue weighted by atomic mass is 10.0. The first kappa shape index (κ1) is 16.9. The second-order valence-electron chi connectivity index (χ2n) is 5.70. The van der Waals surface area contributed by atoms with Crippen LogP contribution in [0.15, 0.2) is 48.5 Å². The average Bonchev–Trinajstić information content (AvgIpc) is 2.56. The Morgan fingerprint density at radius 2 is 1.48 bits per heavy atom. The van der Waals surface area contributed by atoms with Crippen molar-refractivity contribution in [2.24, 2.45) is 0 Å². The third-order valence-corrected chi connectivity index (χ3v) is 3.59. The molecule has 0 aliphatic carbocycles. The molecule has 0 aromatic heterocycles. The summed E-state index contributed by atoms with van der Waals surface area (Å²) in [6.07, 6.45) is -0.590. The van der Waals surface area contributed by atoms with Gasteiger partial charge in [-0.05, 0) is 54.8 Å². The van der Waals surface area contributed by atoms with E-state index in [-0.39, 0.29) is 5.91 Å². The summed E-state index contributed by atoms with van der Waals surface area (Å²) in [7, 11) is 1.61. The second kappa shape index (κ2) is 7.68. The van der Waals surface area contributed by atoms with Gasteiger partial charge in [-0.3, -0.25) is 4.79 Å². The van der Waals surface area contributed by atoms with Gasteiger partial charge in [-0.25, -0.2) is 0 Å². The van der Waals surface area contributed by atoms with E-state index in [0.29, 0.717) is 11.7 Å². The van der Waals surface area contributed by atoms with Crippen LogP contribution in [0.1, 0.15) is 32.3 Å². The van der Waals surface area contributed by atoms with E-state index in [1.807, 2.05) is 24.3 Å². The van der Waals surface area contributed by atoms with Crippen LogP contribution < -0.4 is 14.8 Å². The highest BCUT2D eigenvalue weighted by molar-refractivity contribution is 5.94. The Hall–Kier alpha value is -2.49. The quantitative estimate of drug-likeness (QED) is 0.868. The van der Waals surface area contributed by atoms with Gasteiger partial charge in [-0.2, -0.15) is 0 Å². The van der Waals surface area contributed by atoms with Crippen LogP contribution in [0.2, 0.25) is 0 Å². The fraction of sp³-hybridized carbons (Fsp3) is 0.316. The summed E-state index contributed by atoms with van der Waals surface area (Å²) in [5.41, 5.74) is 2.01. The van der Waals surface area contributed by atoms with Gasteiger partial charge in [0.15, 0.2) is 6.10 Å². The number of carbonyl (C=O) groups is 1. The van der Waals surface area contributed by atoms with Crippen LogP contribution >= 0.6 is 0 Å². The van der Waals surface area contributed by atoms with Gasteiger partial charge in [-0.15, -0.1) is 0 Å². The molecule has 0 heterocycles. The van der Waals surface area contributed by atoms with Crippen molar-refractivity contribution in [3.8, 4) is 11.5 Å². The first-order chi connectivity index (χ1) is 11.0. The number of methoxy groups -OCH3 is 1. The second-order valence-corrected chi connectivity index (χ2v) is 5.70. The molecule has 1 N–H and O–H groups in total. The molecule has 0 aliphatic rings. The Labute approximate surface area is 137 Å². The highest BCUT2D eigenvalue weighted by Gasteiger charge is 2.15. The summed E-state index contributed by atoms with van der Waals surface area (Å²) in [4.78, 5) is 12.2. The number of benzene rings is 2. The summed E-state index contributed by atoms with van der Waals surface area (Å²) < 4.78 is 10.7. The molecule has 0 unspecified atom stereocenters. The largest absolute Gasteiger partial charge is 0.497 e. The van der Waals surface area contributed by atoms with Crippen molar-refractivity contribution < 1.29 is 14.3 Å². The number of hydrogen-bond acceptors (Lipinski definition) is 3. The van der Waals surface area contributed by atoms with E-state index in [2.05, 4.69) is 19.2 Å². The zero-order chi connectivity index (χ0) is 16.8. The van der Waals surface area contributed by atoms with Crippen molar-refractivity contribution in [1.82, 2.24) is 0 Å². The van der Waals surface area contributed by atoms with E-state index in [9.17, 15) is 4.79 Å². The first-order valence-corrected chi connectivity index (χ1v) is 7.71. The molecular formula is C19H23NO3. The Morgan fingerprint density at radius 1 is 0.913 bits per heavy atom. The minimum atomic E-state index is -0.590. The van der Waals surface area contributed by atoms with Crippen molar-refractivity contribution in [3.63, 3.8) is 0 Å². The SMILES string of the molecule is COc1ccc(O[C@@H](C)C(=O)Nc2ccc(C(C)C)cc2)cc1. The zero-order valence-electron chi connectivity index (χ0n) is 14.0. The molecule has 23 heavy (non-hydrogen) atoms. The molecule has 0 bridgehead atoms. The van der Waals surface area contributed by atoms with Gasteiger partial charge in [0.25, 0.3) is 5.91 Å². The van der Waals surface area contributed by atoms with Crippen molar-refractivity contribution in [1.29, 1.82) is 0 Å². The first-order valence-electron chi connectivity index (χ1n) is 7.71. The number of carbonyl (C=O) groups excluding carboxylic acids is 1. The van der Waals surface area contributed by atoms with Crippen LogP contribution in [-0.4, -0.2) is 19.1 Å². The molecule has 2 rings (SSSR count). The van der Waals surface area contributed by atoms with E-state index in [1.165, 1.54) is 5.56 Å². The van der Waals surface area contributed by atoms with E-state index in [1.54, 1.807) is 38.3 Å². The van der Waals surface area contributed by atoms with Crippen LogP contribution in [0.4, 0.5) is 5.69 Å². The monoisotopic (exact) mass is 313 g/mol. The number of rotatable bonds is 6. The topological polar surface area (TPSA) is 47.6 Å². The molecule has 4 heteroatoms. The minimum Gasteiger partial charge on any atom is -0.497 e. The van der Waals surface area contributed by atoms with Crippen LogP contribution in [0.25, 0.3) is 0 Å². The van der Waals surface area contributed by atoms with Gasteiger partial charge in [0, 0.05) is 5.69 Å². The zero-order valence-corrected chi connectivity index (χ0v) is 14.0. The van der Waals surface area contributed by atoms with Gasteiger partial charge in [0.1, 0.15) is 11.5 Å². The molecule has 0 radical (unpaired) electrons. The van der Waals surface area contributed by atoms with Crippen LogP contribution in [-0.2, 0) is 4.79 Å². The maximum Gasteiger partial charge on any atom is 0.265 e. The molecule has 0 fully saturated rings. The molecule has 4 nitrogen and oxygen atoms in total. The number of ether oxygens (including phenoxy) is 2. The minimum absolute atomic E-state index is 0.182. The summed E-state index contributed by atoms with van der Waals surface area (Å²) in [6.45, 7) is 6.00. The third-order valence-electron chi connectivity index (χ3n) is 3.59. The van der Waals surface area contributed by atoms with Crippen LogP contribution in [0.5, 0.6) is 11.5 Å². The Bertz CT molecular complexity index is 633. The normalized spacial score (nSPS) is 11.9. The van der Waals surface area contributed by atoms with E-state index in [4.69, 9.17) is 9.47 Å². The highest BCUT2D eigenvalue weighted by atomic mass is 16.5. The predicted molar refractivity (Wildman–Crippen MR) is 92.2 cm³/mol. The number of nitrogens with one attached hydrogen (secondary N) is 1. The van der Waals surface area contributed by atoms with Crippen molar-refractivity contribution in [2.75, 3.05) is 12.4 Å². The lowest BCUT2D eigenvalue weighted by Crippen LogP contribution is -2.30. The molecule has 122 valence electrons. The van der Waals surface area contributed by atoms with Crippen molar-refractivity contribution in [2.45, 2.75) is 32.8 Å². The molecule has 0 aliphatic heterocycles. The summed E-state index contributed by atoms with van der Waals surface area (Å²) in [6, 6.07) is 15.0. The lowest BCUT2D eigenvalue weighted by Gasteiger charge is -2.15. The third kappa shape index (κ3) is 4.74. The van der Waals surface area contributed by atoms with Crippen molar-refractivity contribution in [3.05, 3.63) is 54.1 Å². The van der Waals surface area contributed by atoms with E-state index >= 15 is 0 Å².